The molecule has 0 atom stereocenters. The van der Waals surface area contributed by atoms with E-state index in [1.165, 1.54) is 0 Å². The maximum absolute atomic E-state index is 12.2. The average molecular weight is 376 g/mol. The van der Waals surface area contributed by atoms with E-state index in [4.69, 9.17) is 5.26 Å². The fraction of sp³-hybridized carbons (Fsp3) is 0.125. The molecule has 0 saturated carbocycles. The third-order valence-electron chi connectivity index (χ3n) is 3.04. The first kappa shape index (κ1) is 14.5. The molecule has 0 spiro atoms. The molecule has 1 N–H and O–H groups in total. The van der Waals surface area contributed by atoms with E-state index in [0.717, 1.165) is 14.7 Å². The predicted octanol–water partition coefficient (Wildman–Crippen LogP) is 4.03. The molecule has 2 rings (SSSR count). The summed E-state index contributed by atoms with van der Waals surface area (Å²) in [6, 6.07) is 13.0. The zero-order valence-electron chi connectivity index (χ0n) is 11.2. The number of carbonyl (C=O) groups excluding carboxylic acids is 1. The minimum atomic E-state index is -0.146. The van der Waals surface area contributed by atoms with Crippen LogP contribution < -0.4 is 5.32 Å². The largest absolute Gasteiger partial charge is 0.322 e. The van der Waals surface area contributed by atoms with Crippen molar-refractivity contribution in [1.82, 2.24) is 0 Å². The Kier molecular flexibility index (Phi) is 4.40. The Bertz CT molecular complexity index is 717. The van der Waals surface area contributed by atoms with Crippen LogP contribution in [-0.4, -0.2) is 5.91 Å². The van der Waals surface area contributed by atoms with Crippen molar-refractivity contribution in [2.45, 2.75) is 13.8 Å². The number of nitriles is 1. The van der Waals surface area contributed by atoms with Crippen molar-refractivity contribution < 1.29 is 4.79 Å². The molecule has 3 nitrogen and oxygen atoms in total. The highest BCUT2D eigenvalue weighted by atomic mass is 127. The van der Waals surface area contributed by atoms with Gasteiger partial charge in [-0.1, -0.05) is 6.07 Å². The quantitative estimate of drug-likeness (QED) is 0.805. The minimum Gasteiger partial charge on any atom is -0.322 e. The molecular weight excluding hydrogens is 363 g/mol. The van der Waals surface area contributed by atoms with Crippen LogP contribution in [0, 0.1) is 28.7 Å². The van der Waals surface area contributed by atoms with Crippen molar-refractivity contribution in [3.8, 4) is 6.07 Å². The lowest BCUT2D eigenvalue weighted by atomic mass is 10.1. The van der Waals surface area contributed by atoms with Gasteiger partial charge in [0.2, 0.25) is 0 Å². The SMILES string of the molecule is Cc1ccc(C(=O)Nc2ccc(C#N)c(C)c2)cc1I. The van der Waals surface area contributed by atoms with Gasteiger partial charge in [0.15, 0.2) is 0 Å². The van der Waals surface area contributed by atoms with Crippen molar-refractivity contribution in [2.24, 2.45) is 0 Å². The number of rotatable bonds is 2. The lowest BCUT2D eigenvalue weighted by Crippen LogP contribution is -2.12. The number of carbonyl (C=O) groups is 1. The summed E-state index contributed by atoms with van der Waals surface area (Å²) < 4.78 is 1.06. The Morgan fingerprint density at radius 1 is 1.15 bits per heavy atom. The van der Waals surface area contributed by atoms with E-state index < -0.39 is 0 Å². The molecule has 0 saturated heterocycles. The van der Waals surface area contributed by atoms with Crippen LogP contribution in [-0.2, 0) is 0 Å². The Balaban J connectivity index is 2.21. The minimum absolute atomic E-state index is 0.146. The van der Waals surface area contributed by atoms with Crippen LogP contribution in [0.15, 0.2) is 36.4 Å². The third-order valence-corrected chi connectivity index (χ3v) is 4.20. The Morgan fingerprint density at radius 3 is 2.50 bits per heavy atom. The first-order valence-electron chi connectivity index (χ1n) is 6.09. The Labute approximate surface area is 131 Å². The molecule has 0 aliphatic carbocycles. The molecule has 1 amide bonds. The van der Waals surface area contributed by atoms with Crippen LogP contribution in [0.25, 0.3) is 0 Å². The number of nitrogens with zero attached hydrogens (tertiary/aromatic N) is 1. The topological polar surface area (TPSA) is 52.9 Å². The predicted molar refractivity (Wildman–Crippen MR) is 87.7 cm³/mol. The van der Waals surface area contributed by atoms with Crippen molar-refractivity contribution in [2.75, 3.05) is 5.32 Å². The molecule has 0 heterocycles. The van der Waals surface area contributed by atoms with E-state index >= 15 is 0 Å². The smallest absolute Gasteiger partial charge is 0.255 e. The van der Waals surface area contributed by atoms with Gasteiger partial charge in [0.25, 0.3) is 5.91 Å². The van der Waals surface area contributed by atoms with Gasteiger partial charge in [-0.05, 0) is 77.9 Å². The van der Waals surface area contributed by atoms with E-state index in [-0.39, 0.29) is 5.91 Å². The van der Waals surface area contributed by atoms with Gasteiger partial charge in [0, 0.05) is 14.8 Å². The second-order valence-corrected chi connectivity index (χ2v) is 5.72. The monoisotopic (exact) mass is 376 g/mol. The molecule has 2 aromatic rings. The summed E-state index contributed by atoms with van der Waals surface area (Å²) in [5.74, 6) is -0.146. The van der Waals surface area contributed by atoms with Gasteiger partial charge in [-0.25, -0.2) is 0 Å². The van der Waals surface area contributed by atoms with Gasteiger partial charge in [0.1, 0.15) is 0 Å². The molecule has 4 heteroatoms. The molecule has 0 unspecified atom stereocenters. The molecule has 0 aromatic heterocycles. The average Bonchev–Trinajstić information content (AvgIpc) is 2.42. The maximum Gasteiger partial charge on any atom is 0.255 e. The number of anilines is 1. The van der Waals surface area contributed by atoms with E-state index in [1.807, 2.05) is 32.0 Å². The van der Waals surface area contributed by atoms with Crippen molar-refractivity contribution in [1.29, 1.82) is 5.26 Å². The van der Waals surface area contributed by atoms with Crippen LogP contribution in [0.3, 0.4) is 0 Å². The second-order valence-electron chi connectivity index (χ2n) is 4.56. The lowest BCUT2D eigenvalue weighted by molar-refractivity contribution is 0.102. The summed E-state index contributed by atoms with van der Waals surface area (Å²) in [5, 5.41) is 11.7. The highest BCUT2D eigenvalue weighted by Gasteiger charge is 2.08. The Hall–Kier alpha value is -1.87. The van der Waals surface area contributed by atoms with Crippen LogP contribution >= 0.6 is 22.6 Å². The van der Waals surface area contributed by atoms with Crippen LogP contribution in [0.2, 0.25) is 0 Å². The number of aryl methyl sites for hydroxylation is 2. The fourth-order valence-electron chi connectivity index (χ4n) is 1.80. The van der Waals surface area contributed by atoms with E-state index in [0.29, 0.717) is 16.8 Å². The van der Waals surface area contributed by atoms with E-state index in [9.17, 15) is 4.79 Å². The lowest BCUT2D eigenvalue weighted by Gasteiger charge is -2.08. The van der Waals surface area contributed by atoms with Gasteiger partial charge in [0.05, 0.1) is 11.6 Å². The first-order chi connectivity index (χ1) is 9.51. The molecule has 0 fully saturated rings. The zero-order chi connectivity index (χ0) is 14.7. The fourth-order valence-corrected chi connectivity index (χ4v) is 2.32. The van der Waals surface area contributed by atoms with Crippen LogP contribution in [0.5, 0.6) is 0 Å². The van der Waals surface area contributed by atoms with Crippen molar-refractivity contribution in [3.05, 3.63) is 62.2 Å². The van der Waals surface area contributed by atoms with E-state index in [2.05, 4.69) is 34.0 Å². The summed E-state index contributed by atoms with van der Waals surface area (Å²) in [4.78, 5) is 12.2. The van der Waals surface area contributed by atoms with Gasteiger partial charge >= 0.3 is 0 Å². The molecule has 20 heavy (non-hydrogen) atoms. The summed E-state index contributed by atoms with van der Waals surface area (Å²) in [5.41, 5.74) is 3.94. The maximum atomic E-state index is 12.2. The summed E-state index contributed by atoms with van der Waals surface area (Å²) in [7, 11) is 0. The number of hydrogen-bond acceptors (Lipinski definition) is 2. The number of amides is 1. The number of halogens is 1. The number of hydrogen-bond donors (Lipinski definition) is 1. The molecule has 0 aliphatic rings. The second kappa shape index (κ2) is 6.06. The molecule has 100 valence electrons. The van der Waals surface area contributed by atoms with Gasteiger partial charge < -0.3 is 5.32 Å². The highest BCUT2D eigenvalue weighted by molar-refractivity contribution is 14.1. The number of benzene rings is 2. The first-order valence-corrected chi connectivity index (χ1v) is 7.17. The molecule has 0 radical (unpaired) electrons. The van der Waals surface area contributed by atoms with Crippen molar-refractivity contribution in [3.63, 3.8) is 0 Å². The summed E-state index contributed by atoms with van der Waals surface area (Å²) in [6.45, 7) is 3.86. The number of nitrogens with one attached hydrogen (secondary N) is 1. The van der Waals surface area contributed by atoms with Crippen LogP contribution in [0.1, 0.15) is 27.0 Å². The van der Waals surface area contributed by atoms with Gasteiger partial charge in [-0.15, -0.1) is 0 Å². The normalized spacial score (nSPS) is 9.90. The summed E-state index contributed by atoms with van der Waals surface area (Å²) in [6.07, 6.45) is 0. The molecule has 2 aromatic carbocycles. The molecule has 0 bridgehead atoms. The highest BCUT2D eigenvalue weighted by Crippen LogP contribution is 2.17. The molecular formula is C16H13IN2O. The van der Waals surface area contributed by atoms with Gasteiger partial charge in [-0.3, -0.25) is 4.79 Å². The molecule has 0 aliphatic heterocycles. The van der Waals surface area contributed by atoms with Crippen LogP contribution in [0.4, 0.5) is 5.69 Å². The standard InChI is InChI=1S/C16H13IN2O/c1-10-3-4-12(8-15(10)17)16(20)19-14-6-5-13(9-18)11(2)7-14/h3-8H,1-2H3,(H,19,20). The Morgan fingerprint density at radius 2 is 1.90 bits per heavy atom. The van der Waals surface area contributed by atoms with E-state index in [1.54, 1.807) is 18.2 Å². The van der Waals surface area contributed by atoms with Crippen molar-refractivity contribution >= 4 is 34.2 Å². The third kappa shape index (κ3) is 3.17. The summed E-state index contributed by atoms with van der Waals surface area (Å²) >= 11 is 2.21. The zero-order valence-corrected chi connectivity index (χ0v) is 13.4. The van der Waals surface area contributed by atoms with Gasteiger partial charge in [-0.2, -0.15) is 5.26 Å².